The summed E-state index contributed by atoms with van der Waals surface area (Å²) in [4.78, 5) is 0. The molecular formula is C26H34O7. The summed E-state index contributed by atoms with van der Waals surface area (Å²) < 4.78 is 11.6. The molecule has 5 atom stereocenters. The van der Waals surface area contributed by atoms with Crippen LogP contribution < -0.4 is 4.74 Å². The molecule has 1 aliphatic carbocycles. The van der Waals surface area contributed by atoms with E-state index in [1.165, 1.54) is 19.3 Å². The lowest BCUT2D eigenvalue weighted by Crippen LogP contribution is -2.63. The van der Waals surface area contributed by atoms with Crippen LogP contribution in [0.25, 0.3) is 0 Å². The van der Waals surface area contributed by atoms with E-state index in [1.807, 2.05) is 37.3 Å². The molecule has 1 saturated carbocycles. The fraction of sp³-hybridized carbons (Fsp3) is 0.538. The van der Waals surface area contributed by atoms with Crippen LogP contribution in [-0.4, -0.2) is 62.7 Å². The highest BCUT2D eigenvalue weighted by molar-refractivity contribution is 5.39. The number of rotatable bonds is 6. The second-order valence-electron chi connectivity index (χ2n) is 9.30. The van der Waals surface area contributed by atoms with Crippen LogP contribution in [0.5, 0.6) is 5.75 Å². The smallest absolute Gasteiger partial charge is 0.222 e. The Morgan fingerprint density at radius 3 is 2.33 bits per heavy atom. The summed E-state index contributed by atoms with van der Waals surface area (Å²) in [7, 11) is 0. The summed E-state index contributed by atoms with van der Waals surface area (Å²) in [6.45, 7) is 1.35. The Labute approximate surface area is 194 Å². The minimum Gasteiger partial charge on any atom is -0.490 e. The number of hydrogen-bond acceptors (Lipinski definition) is 7. The highest BCUT2D eigenvalue weighted by Gasteiger charge is 2.53. The molecule has 0 spiro atoms. The van der Waals surface area contributed by atoms with Crippen LogP contribution in [0, 0.1) is 6.92 Å². The maximum absolute atomic E-state index is 11.1. The Morgan fingerprint density at radius 2 is 1.67 bits per heavy atom. The van der Waals surface area contributed by atoms with Gasteiger partial charge in [0.05, 0.1) is 12.7 Å². The predicted molar refractivity (Wildman–Crippen MR) is 122 cm³/mol. The van der Waals surface area contributed by atoms with E-state index in [1.54, 1.807) is 12.1 Å². The normalized spacial score (nSPS) is 30.8. The standard InChI is InChI=1S/C26H34O7/c1-16-7-10-19(26(31)25(30)24(29)23(28)22(15-27)33-26)14-18(16)13-17-8-11-21(12-9-17)32-20-5-3-2-4-6-20/h7-12,14,20,22-25,27-31H,2-6,13,15H2,1H3/t22-,23-,24+,25-,26+/m1/s1. The minimum atomic E-state index is -2.26. The molecule has 7 heteroatoms. The third-order valence-corrected chi connectivity index (χ3v) is 6.90. The Bertz CT molecular complexity index is 923. The molecule has 0 bridgehead atoms. The number of aliphatic hydroxyl groups is 5. The number of aryl methyl sites for hydroxylation is 1. The first-order valence-electron chi connectivity index (χ1n) is 11.7. The number of ether oxygens (including phenoxy) is 2. The maximum atomic E-state index is 11.1. The van der Waals surface area contributed by atoms with Gasteiger partial charge in [0.15, 0.2) is 0 Å². The van der Waals surface area contributed by atoms with Crippen LogP contribution in [-0.2, 0) is 16.9 Å². The third-order valence-electron chi connectivity index (χ3n) is 6.90. The summed E-state index contributed by atoms with van der Waals surface area (Å²) in [5.74, 6) is -1.39. The number of aliphatic hydroxyl groups excluding tert-OH is 4. The SMILES string of the molecule is Cc1ccc([C@]2(O)O[C@H](CO)[C@@H](O)[C@H](O)[C@H]2O)cc1Cc1ccc(OC2CCCCC2)cc1. The van der Waals surface area contributed by atoms with Gasteiger partial charge in [-0.1, -0.05) is 30.7 Å². The van der Waals surface area contributed by atoms with Crippen molar-refractivity contribution in [3.63, 3.8) is 0 Å². The van der Waals surface area contributed by atoms with Gasteiger partial charge in [-0.3, -0.25) is 0 Å². The third kappa shape index (κ3) is 5.09. The van der Waals surface area contributed by atoms with Gasteiger partial charge in [0.1, 0.15) is 30.2 Å². The van der Waals surface area contributed by atoms with Crippen molar-refractivity contribution in [2.75, 3.05) is 6.61 Å². The fourth-order valence-corrected chi connectivity index (χ4v) is 4.76. The van der Waals surface area contributed by atoms with E-state index in [-0.39, 0.29) is 5.56 Å². The molecule has 5 N–H and O–H groups in total. The molecule has 2 aromatic rings. The Balaban J connectivity index is 1.51. The second kappa shape index (κ2) is 10.1. The first kappa shape index (κ1) is 24.1. The minimum absolute atomic E-state index is 0.247. The zero-order valence-electron chi connectivity index (χ0n) is 18.9. The molecule has 1 saturated heterocycles. The zero-order valence-corrected chi connectivity index (χ0v) is 18.9. The van der Waals surface area contributed by atoms with Crippen LogP contribution >= 0.6 is 0 Å². The van der Waals surface area contributed by atoms with Crippen molar-refractivity contribution in [1.29, 1.82) is 0 Å². The van der Waals surface area contributed by atoms with Crippen molar-refractivity contribution in [3.05, 3.63) is 64.7 Å². The van der Waals surface area contributed by atoms with E-state index in [0.29, 0.717) is 12.5 Å². The van der Waals surface area contributed by atoms with Gasteiger partial charge in [-0.2, -0.15) is 0 Å². The molecule has 0 aromatic heterocycles. The van der Waals surface area contributed by atoms with Crippen molar-refractivity contribution >= 4 is 0 Å². The second-order valence-corrected chi connectivity index (χ2v) is 9.30. The monoisotopic (exact) mass is 458 g/mol. The van der Waals surface area contributed by atoms with E-state index in [2.05, 4.69) is 0 Å². The molecule has 180 valence electrons. The molecule has 1 heterocycles. The van der Waals surface area contributed by atoms with Gasteiger partial charge in [0.2, 0.25) is 5.79 Å². The topological polar surface area (TPSA) is 120 Å². The summed E-state index contributed by atoms with van der Waals surface area (Å²) in [6.07, 6.45) is 0.641. The molecule has 2 fully saturated rings. The fourth-order valence-electron chi connectivity index (χ4n) is 4.76. The molecule has 7 nitrogen and oxygen atoms in total. The molecule has 0 unspecified atom stereocenters. The van der Waals surface area contributed by atoms with Crippen molar-refractivity contribution in [3.8, 4) is 5.75 Å². The average molecular weight is 459 g/mol. The molecule has 4 rings (SSSR count). The molecule has 2 aromatic carbocycles. The lowest BCUT2D eigenvalue weighted by Gasteiger charge is -2.45. The van der Waals surface area contributed by atoms with Crippen molar-refractivity contribution < 1.29 is 35.0 Å². The maximum Gasteiger partial charge on any atom is 0.222 e. The van der Waals surface area contributed by atoms with Crippen LogP contribution in [0.3, 0.4) is 0 Å². The first-order valence-corrected chi connectivity index (χ1v) is 11.7. The Morgan fingerprint density at radius 1 is 0.970 bits per heavy atom. The summed E-state index contributed by atoms with van der Waals surface area (Å²) in [5, 5.41) is 51.2. The van der Waals surface area contributed by atoms with Crippen LogP contribution in [0.1, 0.15) is 54.4 Å². The van der Waals surface area contributed by atoms with Crippen molar-refractivity contribution in [1.82, 2.24) is 0 Å². The highest BCUT2D eigenvalue weighted by atomic mass is 16.7. The number of hydrogen-bond donors (Lipinski definition) is 5. The van der Waals surface area contributed by atoms with Gasteiger partial charge in [0, 0.05) is 5.56 Å². The van der Waals surface area contributed by atoms with Crippen molar-refractivity contribution in [2.24, 2.45) is 0 Å². The zero-order chi connectivity index (χ0) is 23.6. The largest absolute Gasteiger partial charge is 0.490 e. The van der Waals surface area contributed by atoms with Gasteiger partial charge in [-0.05, 0) is 73.9 Å². The summed E-state index contributed by atoms with van der Waals surface area (Å²) in [5.41, 5.74) is 3.22. The molecule has 0 amide bonds. The lowest BCUT2D eigenvalue weighted by molar-refractivity contribution is -0.357. The van der Waals surface area contributed by atoms with Gasteiger partial charge in [-0.25, -0.2) is 0 Å². The molecule has 2 aliphatic rings. The summed E-state index contributed by atoms with van der Waals surface area (Å²) in [6, 6.07) is 13.2. The first-order chi connectivity index (χ1) is 15.8. The Hall–Kier alpha value is -2.00. The van der Waals surface area contributed by atoms with Gasteiger partial charge in [-0.15, -0.1) is 0 Å². The van der Waals surface area contributed by atoms with E-state index < -0.39 is 36.8 Å². The van der Waals surface area contributed by atoms with E-state index >= 15 is 0 Å². The molecular weight excluding hydrogens is 424 g/mol. The van der Waals surface area contributed by atoms with Crippen molar-refractivity contribution in [2.45, 2.75) is 81.8 Å². The molecule has 1 aliphatic heterocycles. The molecule has 0 radical (unpaired) electrons. The van der Waals surface area contributed by atoms with E-state index in [0.717, 1.165) is 35.3 Å². The van der Waals surface area contributed by atoms with Crippen LogP contribution in [0.15, 0.2) is 42.5 Å². The number of benzene rings is 2. The van der Waals surface area contributed by atoms with Gasteiger partial charge < -0.3 is 35.0 Å². The average Bonchev–Trinajstić information content (AvgIpc) is 2.83. The molecule has 33 heavy (non-hydrogen) atoms. The quantitative estimate of drug-likeness (QED) is 0.449. The van der Waals surface area contributed by atoms with E-state index in [4.69, 9.17) is 9.47 Å². The van der Waals surface area contributed by atoms with E-state index in [9.17, 15) is 25.5 Å². The lowest BCUT2D eigenvalue weighted by atomic mass is 9.86. The van der Waals surface area contributed by atoms with Gasteiger partial charge in [0.25, 0.3) is 0 Å². The highest BCUT2D eigenvalue weighted by Crippen LogP contribution is 2.37. The predicted octanol–water partition coefficient (Wildman–Crippen LogP) is 1.92. The summed E-state index contributed by atoms with van der Waals surface area (Å²) >= 11 is 0. The van der Waals surface area contributed by atoms with Crippen LogP contribution in [0.4, 0.5) is 0 Å². The van der Waals surface area contributed by atoms with Gasteiger partial charge >= 0.3 is 0 Å². The Kier molecular flexibility index (Phi) is 7.38. The van der Waals surface area contributed by atoms with Crippen LogP contribution in [0.2, 0.25) is 0 Å².